The highest BCUT2D eigenvalue weighted by Gasteiger charge is 2.15. The Hall–Kier alpha value is -2.62. The third-order valence-electron chi connectivity index (χ3n) is 3.33. The normalized spacial score (nSPS) is 10.7. The summed E-state index contributed by atoms with van der Waals surface area (Å²) in [5.41, 5.74) is 11.4. The molecule has 0 fully saturated rings. The monoisotopic (exact) mass is 264 g/mol. The van der Waals surface area contributed by atoms with Crippen LogP contribution in [0.25, 0.3) is 16.9 Å². The molecule has 0 atom stereocenters. The third kappa shape index (κ3) is 2.05. The highest BCUT2D eigenvalue weighted by molar-refractivity contribution is 5.66. The van der Waals surface area contributed by atoms with Gasteiger partial charge in [-0.15, -0.1) is 0 Å². The zero-order chi connectivity index (χ0) is 14.1. The van der Waals surface area contributed by atoms with Gasteiger partial charge in [0.2, 0.25) is 0 Å². The zero-order valence-electron chi connectivity index (χ0n) is 11.5. The molecule has 0 aliphatic carbocycles. The summed E-state index contributed by atoms with van der Waals surface area (Å²) in [7, 11) is 0. The number of nitrogen functional groups attached to an aromatic ring is 1. The summed E-state index contributed by atoms with van der Waals surface area (Å²) < 4.78 is 1.95. The van der Waals surface area contributed by atoms with Crippen molar-refractivity contribution < 1.29 is 0 Å². The van der Waals surface area contributed by atoms with Crippen molar-refractivity contribution in [1.29, 1.82) is 0 Å². The van der Waals surface area contributed by atoms with Crippen LogP contribution in [0.15, 0.2) is 48.7 Å². The summed E-state index contributed by atoms with van der Waals surface area (Å²) in [6.07, 6.45) is 1.67. The van der Waals surface area contributed by atoms with Crippen LogP contribution in [0.1, 0.15) is 11.4 Å². The third-order valence-corrected chi connectivity index (χ3v) is 3.33. The van der Waals surface area contributed by atoms with E-state index in [0.717, 1.165) is 28.3 Å². The van der Waals surface area contributed by atoms with Crippen molar-refractivity contribution in [3.05, 3.63) is 60.0 Å². The molecule has 0 aliphatic rings. The molecule has 0 unspecified atom stereocenters. The molecule has 0 aliphatic heterocycles. The predicted octanol–water partition coefficient (Wildman–Crippen LogP) is 3.13. The van der Waals surface area contributed by atoms with E-state index in [2.05, 4.69) is 17.0 Å². The molecule has 4 heteroatoms. The summed E-state index contributed by atoms with van der Waals surface area (Å²) in [4.78, 5) is 4.40. The fraction of sp³-hybridized carbons (Fsp3) is 0.125. The molecule has 0 amide bonds. The number of anilines is 1. The first-order valence-electron chi connectivity index (χ1n) is 6.50. The number of nitrogens with zero attached hydrogens (tertiary/aromatic N) is 3. The maximum Gasteiger partial charge on any atom is 0.0740 e. The van der Waals surface area contributed by atoms with Crippen molar-refractivity contribution in [1.82, 2.24) is 14.8 Å². The van der Waals surface area contributed by atoms with Crippen molar-refractivity contribution in [2.24, 2.45) is 0 Å². The van der Waals surface area contributed by atoms with Gasteiger partial charge in [0.05, 0.1) is 34.7 Å². The largest absolute Gasteiger partial charge is 0.397 e. The molecule has 2 heterocycles. The van der Waals surface area contributed by atoms with Gasteiger partial charge < -0.3 is 5.73 Å². The number of para-hydroxylation sites is 1. The molecule has 100 valence electrons. The maximum absolute atomic E-state index is 5.69. The van der Waals surface area contributed by atoms with Crippen LogP contribution in [0.4, 0.5) is 5.69 Å². The Labute approximate surface area is 117 Å². The number of rotatable bonds is 2. The molecule has 4 nitrogen and oxygen atoms in total. The molecule has 0 spiro atoms. The van der Waals surface area contributed by atoms with E-state index in [-0.39, 0.29) is 0 Å². The standard InChI is InChI=1S/C16H16N4/c1-11-16(15-9-8-13(17)10-18-15)12(2)20(19-11)14-6-4-3-5-7-14/h3-10H,17H2,1-2H3. The highest BCUT2D eigenvalue weighted by atomic mass is 15.3. The number of hydrogen-bond acceptors (Lipinski definition) is 3. The molecule has 3 aromatic rings. The molecule has 0 radical (unpaired) electrons. The molecule has 2 N–H and O–H groups in total. The lowest BCUT2D eigenvalue weighted by molar-refractivity contribution is 0.834. The summed E-state index contributed by atoms with van der Waals surface area (Å²) in [5.74, 6) is 0. The van der Waals surface area contributed by atoms with Crippen LogP contribution < -0.4 is 5.73 Å². The van der Waals surface area contributed by atoms with Gasteiger partial charge in [0.15, 0.2) is 0 Å². The van der Waals surface area contributed by atoms with Crippen LogP contribution >= 0.6 is 0 Å². The smallest absolute Gasteiger partial charge is 0.0740 e. The minimum absolute atomic E-state index is 0.666. The number of aryl methyl sites for hydroxylation is 1. The van der Waals surface area contributed by atoms with Gasteiger partial charge in [-0.05, 0) is 38.1 Å². The van der Waals surface area contributed by atoms with Crippen LogP contribution in [-0.4, -0.2) is 14.8 Å². The van der Waals surface area contributed by atoms with Crippen LogP contribution in [0, 0.1) is 13.8 Å². The lowest BCUT2D eigenvalue weighted by Gasteiger charge is -2.05. The lowest BCUT2D eigenvalue weighted by Crippen LogP contribution is -1.98. The van der Waals surface area contributed by atoms with Crippen LogP contribution in [0.2, 0.25) is 0 Å². The molecule has 0 bridgehead atoms. The zero-order valence-corrected chi connectivity index (χ0v) is 11.5. The Bertz CT molecular complexity index is 727. The van der Waals surface area contributed by atoms with E-state index in [0.29, 0.717) is 5.69 Å². The fourth-order valence-corrected chi connectivity index (χ4v) is 2.39. The molecule has 20 heavy (non-hydrogen) atoms. The Morgan fingerprint density at radius 3 is 2.40 bits per heavy atom. The fourth-order valence-electron chi connectivity index (χ4n) is 2.39. The minimum atomic E-state index is 0.666. The van der Waals surface area contributed by atoms with Crippen molar-refractivity contribution >= 4 is 5.69 Å². The molecule has 0 saturated heterocycles. The average molecular weight is 264 g/mol. The van der Waals surface area contributed by atoms with E-state index >= 15 is 0 Å². The van der Waals surface area contributed by atoms with Crippen LogP contribution in [0.5, 0.6) is 0 Å². The van der Waals surface area contributed by atoms with Gasteiger partial charge in [0.25, 0.3) is 0 Å². The summed E-state index contributed by atoms with van der Waals surface area (Å²) in [6, 6.07) is 13.9. The van der Waals surface area contributed by atoms with Crippen molar-refractivity contribution in [2.75, 3.05) is 5.73 Å². The van der Waals surface area contributed by atoms with E-state index in [1.165, 1.54) is 0 Å². The number of benzene rings is 1. The van der Waals surface area contributed by atoms with E-state index in [4.69, 9.17) is 5.73 Å². The van der Waals surface area contributed by atoms with Gasteiger partial charge in [-0.25, -0.2) is 4.68 Å². The Morgan fingerprint density at radius 2 is 1.75 bits per heavy atom. The quantitative estimate of drug-likeness (QED) is 0.773. The molecular formula is C16H16N4. The average Bonchev–Trinajstić information content (AvgIpc) is 2.76. The molecule has 3 rings (SSSR count). The van der Waals surface area contributed by atoms with Gasteiger partial charge in [0.1, 0.15) is 0 Å². The first-order chi connectivity index (χ1) is 9.66. The Kier molecular flexibility index (Phi) is 2.99. The van der Waals surface area contributed by atoms with Gasteiger partial charge in [-0.3, -0.25) is 4.98 Å². The van der Waals surface area contributed by atoms with Crippen molar-refractivity contribution in [2.45, 2.75) is 13.8 Å². The maximum atomic E-state index is 5.69. The molecular weight excluding hydrogens is 248 g/mol. The second-order valence-corrected chi connectivity index (χ2v) is 4.77. The first kappa shape index (κ1) is 12.4. The second-order valence-electron chi connectivity index (χ2n) is 4.77. The van der Waals surface area contributed by atoms with E-state index < -0.39 is 0 Å². The number of aromatic nitrogens is 3. The molecule has 2 aromatic heterocycles. The summed E-state index contributed by atoms with van der Waals surface area (Å²) >= 11 is 0. The van der Waals surface area contributed by atoms with Crippen molar-refractivity contribution in [3.63, 3.8) is 0 Å². The first-order valence-corrected chi connectivity index (χ1v) is 6.50. The SMILES string of the molecule is Cc1nn(-c2ccccc2)c(C)c1-c1ccc(N)cn1. The van der Waals surface area contributed by atoms with Crippen LogP contribution in [0.3, 0.4) is 0 Å². The predicted molar refractivity (Wildman–Crippen MR) is 80.7 cm³/mol. The second kappa shape index (κ2) is 4.81. The lowest BCUT2D eigenvalue weighted by atomic mass is 10.1. The molecule has 0 saturated carbocycles. The minimum Gasteiger partial charge on any atom is -0.397 e. The number of hydrogen-bond donors (Lipinski definition) is 1. The van der Waals surface area contributed by atoms with E-state index in [1.54, 1.807) is 6.20 Å². The van der Waals surface area contributed by atoms with Crippen molar-refractivity contribution in [3.8, 4) is 16.9 Å². The van der Waals surface area contributed by atoms with E-state index in [9.17, 15) is 0 Å². The molecule has 1 aromatic carbocycles. The highest BCUT2D eigenvalue weighted by Crippen LogP contribution is 2.27. The van der Waals surface area contributed by atoms with Gasteiger partial charge >= 0.3 is 0 Å². The van der Waals surface area contributed by atoms with E-state index in [1.807, 2.05) is 54.1 Å². The van der Waals surface area contributed by atoms with Crippen LogP contribution in [-0.2, 0) is 0 Å². The number of nitrogens with two attached hydrogens (primary N) is 1. The Morgan fingerprint density at radius 1 is 1.00 bits per heavy atom. The summed E-state index contributed by atoms with van der Waals surface area (Å²) in [6.45, 7) is 4.06. The van der Waals surface area contributed by atoms with Gasteiger partial charge in [0, 0.05) is 5.56 Å². The number of pyridine rings is 1. The van der Waals surface area contributed by atoms with Gasteiger partial charge in [-0.2, -0.15) is 5.10 Å². The Balaban J connectivity index is 2.14. The topological polar surface area (TPSA) is 56.7 Å². The van der Waals surface area contributed by atoms with Gasteiger partial charge in [-0.1, -0.05) is 18.2 Å². The summed E-state index contributed by atoms with van der Waals surface area (Å²) in [5, 5.41) is 4.62.